The third-order valence-electron chi connectivity index (χ3n) is 2.36. The van der Waals surface area contributed by atoms with E-state index < -0.39 is 0 Å². The summed E-state index contributed by atoms with van der Waals surface area (Å²) in [5, 5.41) is 7.31. The van der Waals surface area contributed by atoms with Crippen LogP contribution in [0.2, 0.25) is 0 Å². The van der Waals surface area contributed by atoms with Crippen LogP contribution >= 0.6 is 11.8 Å². The van der Waals surface area contributed by atoms with Gasteiger partial charge in [0.15, 0.2) is 5.82 Å². The van der Waals surface area contributed by atoms with E-state index in [1.165, 1.54) is 0 Å². The summed E-state index contributed by atoms with van der Waals surface area (Å²) >= 11 is 1.82. The molecule has 1 N–H and O–H groups in total. The summed E-state index contributed by atoms with van der Waals surface area (Å²) in [5.41, 5.74) is 0. The molecule has 0 fully saturated rings. The van der Waals surface area contributed by atoms with Crippen molar-refractivity contribution in [2.24, 2.45) is 0 Å². The van der Waals surface area contributed by atoms with Crippen LogP contribution in [0.4, 0.5) is 0 Å². The summed E-state index contributed by atoms with van der Waals surface area (Å²) in [6, 6.07) is 0.481. The second-order valence-electron chi connectivity index (χ2n) is 5.20. The van der Waals surface area contributed by atoms with Gasteiger partial charge >= 0.3 is 0 Å². The molecular formula is C12H23N3OS. The largest absolute Gasteiger partial charge is 0.338 e. The molecule has 1 atom stereocenters. The van der Waals surface area contributed by atoms with Crippen LogP contribution in [0, 0.1) is 0 Å². The summed E-state index contributed by atoms with van der Waals surface area (Å²) in [6.07, 6.45) is 1.10. The molecule has 0 aromatic carbocycles. The van der Waals surface area contributed by atoms with Gasteiger partial charge in [0.25, 0.3) is 0 Å². The molecule has 0 saturated heterocycles. The molecule has 0 bridgehead atoms. The Labute approximate surface area is 108 Å². The predicted octanol–water partition coefficient (Wildman–Crippen LogP) is 2.99. The van der Waals surface area contributed by atoms with E-state index in [0.717, 1.165) is 18.0 Å². The lowest BCUT2D eigenvalue weighted by Crippen LogP contribution is -2.24. The fourth-order valence-corrected chi connectivity index (χ4v) is 1.79. The number of hydrogen-bond donors (Lipinski definition) is 1. The van der Waals surface area contributed by atoms with E-state index in [9.17, 15) is 0 Å². The maximum absolute atomic E-state index is 5.19. The van der Waals surface area contributed by atoms with Crippen LogP contribution in [0.25, 0.3) is 0 Å². The second kappa shape index (κ2) is 6.40. The van der Waals surface area contributed by atoms with Gasteiger partial charge in [0, 0.05) is 10.8 Å². The molecule has 0 aliphatic carbocycles. The number of nitrogens with one attached hydrogen (secondary N) is 1. The normalized spacial score (nSPS) is 13.9. The quantitative estimate of drug-likeness (QED) is 0.849. The smallest absolute Gasteiger partial charge is 0.240 e. The summed E-state index contributed by atoms with van der Waals surface area (Å²) < 4.78 is 5.42. The molecule has 1 unspecified atom stereocenters. The average Bonchev–Trinajstić information content (AvgIpc) is 2.70. The Morgan fingerprint density at radius 2 is 2.12 bits per heavy atom. The third kappa shape index (κ3) is 6.07. The Bertz CT molecular complexity index is 333. The van der Waals surface area contributed by atoms with Crippen molar-refractivity contribution >= 4 is 11.8 Å². The summed E-state index contributed by atoms with van der Waals surface area (Å²) in [4.78, 5) is 4.36. The van der Waals surface area contributed by atoms with Crippen LogP contribution in [0.3, 0.4) is 0 Å². The van der Waals surface area contributed by atoms with Crippen molar-refractivity contribution in [3.63, 3.8) is 0 Å². The molecule has 1 aromatic rings. The number of thioether (sulfide) groups is 1. The highest BCUT2D eigenvalue weighted by Gasteiger charge is 2.13. The molecule has 0 amide bonds. The highest BCUT2D eigenvalue weighted by Crippen LogP contribution is 2.25. The van der Waals surface area contributed by atoms with Crippen LogP contribution in [-0.2, 0) is 12.3 Å². The number of hydrogen-bond acceptors (Lipinski definition) is 5. The van der Waals surface area contributed by atoms with Gasteiger partial charge in [-0.05, 0) is 13.3 Å². The van der Waals surface area contributed by atoms with Gasteiger partial charge in [-0.15, -0.1) is 11.8 Å². The molecule has 98 valence electrons. The lowest BCUT2D eigenvalue weighted by Gasteiger charge is -2.15. The van der Waals surface area contributed by atoms with Crippen molar-refractivity contribution in [3.05, 3.63) is 11.7 Å². The van der Waals surface area contributed by atoms with Crippen LogP contribution in [0.5, 0.6) is 0 Å². The molecular weight excluding hydrogens is 234 g/mol. The standard InChI is InChI=1S/C12H23N3OS/c1-6-9(2)13-7-11-14-10(15-16-11)8-17-12(3,4)5/h9,13H,6-8H2,1-5H3. The molecule has 0 spiro atoms. The van der Waals surface area contributed by atoms with Gasteiger partial charge in [-0.2, -0.15) is 4.98 Å². The molecule has 0 aliphatic rings. The number of aromatic nitrogens is 2. The first-order valence-electron chi connectivity index (χ1n) is 6.09. The monoisotopic (exact) mass is 257 g/mol. The van der Waals surface area contributed by atoms with Gasteiger partial charge in [0.05, 0.1) is 12.3 Å². The van der Waals surface area contributed by atoms with Gasteiger partial charge in [-0.3, -0.25) is 0 Å². The van der Waals surface area contributed by atoms with Crippen molar-refractivity contribution in [1.29, 1.82) is 0 Å². The van der Waals surface area contributed by atoms with Crippen LogP contribution in [0.15, 0.2) is 4.52 Å². The summed E-state index contributed by atoms with van der Waals surface area (Å²) in [6.45, 7) is 11.5. The van der Waals surface area contributed by atoms with Crippen molar-refractivity contribution in [3.8, 4) is 0 Å². The first-order chi connectivity index (χ1) is 7.90. The van der Waals surface area contributed by atoms with Gasteiger partial charge in [0.2, 0.25) is 5.89 Å². The lowest BCUT2D eigenvalue weighted by molar-refractivity contribution is 0.355. The van der Waals surface area contributed by atoms with Gasteiger partial charge < -0.3 is 9.84 Å². The summed E-state index contributed by atoms with van der Waals surface area (Å²) in [7, 11) is 0. The van der Waals surface area contributed by atoms with Crippen LogP contribution in [0.1, 0.15) is 52.8 Å². The molecule has 0 radical (unpaired) electrons. The topological polar surface area (TPSA) is 51.0 Å². The molecule has 17 heavy (non-hydrogen) atoms. The van der Waals surface area contributed by atoms with Crippen molar-refractivity contribution < 1.29 is 4.52 Å². The first-order valence-corrected chi connectivity index (χ1v) is 7.08. The van der Waals surface area contributed by atoms with Gasteiger partial charge in [-0.1, -0.05) is 32.9 Å². The Hall–Kier alpha value is -0.550. The SMILES string of the molecule is CCC(C)NCc1nc(CSC(C)(C)C)no1. The van der Waals surface area contributed by atoms with Gasteiger partial charge in [-0.25, -0.2) is 0 Å². The highest BCUT2D eigenvalue weighted by molar-refractivity contribution is 7.99. The fourth-order valence-electron chi connectivity index (χ4n) is 1.11. The molecule has 0 aliphatic heterocycles. The molecule has 5 heteroatoms. The maximum atomic E-state index is 5.19. The van der Waals surface area contributed by atoms with E-state index in [0.29, 0.717) is 18.5 Å². The second-order valence-corrected chi connectivity index (χ2v) is 7.00. The Morgan fingerprint density at radius 1 is 1.41 bits per heavy atom. The minimum Gasteiger partial charge on any atom is -0.338 e. The molecule has 1 heterocycles. The zero-order chi connectivity index (χ0) is 12.9. The van der Waals surface area contributed by atoms with E-state index in [2.05, 4.69) is 50.1 Å². The molecule has 1 rings (SSSR count). The molecule has 1 aromatic heterocycles. The van der Waals surface area contributed by atoms with Crippen LogP contribution in [-0.4, -0.2) is 20.9 Å². The number of rotatable bonds is 6. The Balaban J connectivity index is 2.37. The average molecular weight is 257 g/mol. The minimum atomic E-state index is 0.232. The van der Waals surface area contributed by atoms with Gasteiger partial charge in [0.1, 0.15) is 0 Å². The van der Waals surface area contributed by atoms with Crippen molar-refractivity contribution in [2.45, 2.75) is 64.1 Å². The molecule has 0 saturated carbocycles. The third-order valence-corrected chi connectivity index (χ3v) is 3.63. The predicted molar refractivity (Wildman–Crippen MR) is 71.9 cm³/mol. The Kier molecular flexibility index (Phi) is 5.46. The van der Waals surface area contributed by atoms with E-state index in [1.807, 2.05) is 11.8 Å². The Morgan fingerprint density at radius 3 is 2.71 bits per heavy atom. The fraction of sp³-hybridized carbons (Fsp3) is 0.833. The molecule has 4 nitrogen and oxygen atoms in total. The lowest BCUT2D eigenvalue weighted by atomic mass is 10.3. The van der Waals surface area contributed by atoms with Crippen LogP contribution < -0.4 is 5.32 Å². The zero-order valence-electron chi connectivity index (χ0n) is 11.4. The van der Waals surface area contributed by atoms with Crippen molar-refractivity contribution in [2.75, 3.05) is 0 Å². The van der Waals surface area contributed by atoms with E-state index in [4.69, 9.17) is 4.52 Å². The maximum Gasteiger partial charge on any atom is 0.240 e. The minimum absolute atomic E-state index is 0.232. The summed E-state index contributed by atoms with van der Waals surface area (Å²) in [5.74, 6) is 2.26. The number of nitrogens with zero attached hydrogens (tertiary/aromatic N) is 2. The first kappa shape index (κ1) is 14.5. The van der Waals surface area contributed by atoms with Crippen molar-refractivity contribution in [1.82, 2.24) is 15.5 Å². The highest BCUT2D eigenvalue weighted by atomic mass is 32.2. The van der Waals surface area contributed by atoms with E-state index in [-0.39, 0.29) is 4.75 Å². The van der Waals surface area contributed by atoms with E-state index >= 15 is 0 Å². The zero-order valence-corrected chi connectivity index (χ0v) is 12.2. The van der Waals surface area contributed by atoms with E-state index in [1.54, 1.807) is 0 Å².